The van der Waals surface area contributed by atoms with Crippen LogP contribution in [0.4, 0.5) is 22.2 Å². The Labute approximate surface area is 147 Å². The Kier molecular flexibility index (Phi) is 4.71. The summed E-state index contributed by atoms with van der Waals surface area (Å²) in [6.45, 7) is 1.46. The summed E-state index contributed by atoms with van der Waals surface area (Å²) in [5.74, 6) is -0.117. The lowest BCUT2D eigenvalue weighted by Crippen LogP contribution is -2.05. The van der Waals surface area contributed by atoms with Gasteiger partial charge in [-0.3, -0.25) is 14.9 Å². The quantitative estimate of drug-likeness (QED) is 0.522. The van der Waals surface area contributed by atoms with Gasteiger partial charge in [0.1, 0.15) is 0 Å². The van der Waals surface area contributed by atoms with E-state index in [1.54, 1.807) is 24.3 Å². The van der Waals surface area contributed by atoms with Crippen LogP contribution in [0, 0.1) is 10.1 Å². The molecule has 0 aliphatic rings. The number of non-ortho nitro benzene ring substituents is 1. The van der Waals surface area contributed by atoms with E-state index in [-0.39, 0.29) is 11.6 Å². The van der Waals surface area contributed by atoms with Crippen molar-refractivity contribution in [2.75, 3.05) is 10.6 Å². The number of thiazole rings is 1. The molecule has 0 aliphatic carbocycles. The minimum Gasteiger partial charge on any atom is -0.332 e. The Balaban J connectivity index is 1.71. The fraction of sp³-hybridized carbons (Fsp3) is 0.0588. The van der Waals surface area contributed by atoms with Crippen molar-refractivity contribution in [1.29, 1.82) is 0 Å². The summed E-state index contributed by atoms with van der Waals surface area (Å²) in [5, 5.41) is 19.2. The van der Waals surface area contributed by atoms with E-state index in [9.17, 15) is 14.9 Å². The number of carbonyl (C=O) groups excluding carboxylic acids is 1. The Morgan fingerprint density at radius 2 is 1.72 bits per heavy atom. The number of amides is 1. The maximum Gasteiger partial charge on any atom is 0.269 e. The molecule has 0 spiro atoms. The number of nitrogens with zero attached hydrogens (tertiary/aromatic N) is 2. The average Bonchev–Trinajstić information content (AvgIpc) is 3.05. The highest BCUT2D eigenvalue weighted by molar-refractivity contribution is 7.14. The van der Waals surface area contributed by atoms with Gasteiger partial charge in [0.15, 0.2) is 5.13 Å². The summed E-state index contributed by atoms with van der Waals surface area (Å²) in [5.41, 5.74) is 3.19. The minimum absolute atomic E-state index is 0.0524. The van der Waals surface area contributed by atoms with E-state index >= 15 is 0 Å². The van der Waals surface area contributed by atoms with E-state index in [2.05, 4.69) is 15.6 Å². The lowest BCUT2D eigenvalue weighted by atomic mass is 10.1. The molecule has 0 aliphatic heterocycles. The molecule has 0 atom stereocenters. The molecule has 7 nitrogen and oxygen atoms in total. The zero-order valence-electron chi connectivity index (χ0n) is 13.2. The van der Waals surface area contributed by atoms with Crippen LogP contribution in [-0.2, 0) is 4.79 Å². The first-order valence-electron chi connectivity index (χ1n) is 7.36. The molecule has 0 bridgehead atoms. The SMILES string of the molecule is CC(=O)Nc1ccc(Nc2nc(-c3ccc([N+](=O)[O-])cc3)cs2)cc1. The first-order valence-corrected chi connectivity index (χ1v) is 8.24. The van der Waals surface area contributed by atoms with Crippen LogP contribution in [0.1, 0.15) is 6.92 Å². The molecular weight excluding hydrogens is 340 g/mol. The second-order valence-electron chi connectivity index (χ2n) is 5.23. The highest BCUT2D eigenvalue weighted by Gasteiger charge is 2.08. The molecule has 2 aromatic carbocycles. The van der Waals surface area contributed by atoms with Crippen molar-refractivity contribution in [1.82, 2.24) is 4.98 Å². The van der Waals surface area contributed by atoms with Gasteiger partial charge >= 0.3 is 0 Å². The number of aromatic nitrogens is 1. The molecule has 0 fully saturated rings. The molecule has 3 aromatic rings. The van der Waals surface area contributed by atoms with E-state index in [1.807, 2.05) is 17.5 Å². The van der Waals surface area contributed by atoms with Crippen molar-refractivity contribution >= 4 is 39.4 Å². The summed E-state index contributed by atoms with van der Waals surface area (Å²) in [6.07, 6.45) is 0. The zero-order valence-corrected chi connectivity index (χ0v) is 14.0. The third kappa shape index (κ3) is 4.18. The summed E-state index contributed by atoms with van der Waals surface area (Å²) in [6, 6.07) is 13.6. The Hall–Kier alpha value is -3.26. The number of nitro benzene ring substituents is 1. The van der Waals surface area contributed by atoms with Gasteiger partial charge in [-0.05, 0) is 36.4 Å². The van der Waals surface area contributed by atoms with Crippen molar-refractivity contribution in [2.45, 2.75) is 6.92 Å². The number of nitrogens with one attached hydrogen (secondary N) is 2. The molecule has 126 valence electrons. The van der Waals surface area contributed by atoms with Gasteiger partial charge < -0.3 is 10.6 Å². The topological polar surface area (TPSA) is 97.2 Å². The highest BCUT2D eigenvalue weighted by atomic mass is 32.1. The van der Waals surface area contributed by atoms with Crippen LogP contribution < -0.4 is 10.6 Å². The lowest BCUT2D eigenvalue weighted by molar-refractivity contribution is -0.384. The molecular formula is C17H14N4O3S. The molecule has 1 heterocycles. The van der Waals surface area contributed by atoms with Crippen LogP contribution in [0.2, 0.25) is 0 Å². The van der Waals surface area contributed by atoms with Crippen LogP contribution in [0.25, 0.3) is 11.3 Å². The number of carbonyl (C=O) groups is 1. The Bertz CT molecular complexity index is 904. The van der Waals surface area contributed by atoms with Crippen LogP contribution in [-0.4, -0.2) is 15.8 Å². The van der Waals surface area contributed by atoms with Gasteiger partial charge in [0, 0.05) is 41.4 Å². The van der Waals surface area contributed by atoms with Crippen molar-refractivity contribution < 1.29 is 9.72 Å². The summed E-state index contributed by atoms with van der Waals surface area (Å²) in [7, 11) is 0. The summed E-state index contributed by atoms with van der Waals surface area (Å²) >= 11 is 1.44. The van der Waals surface area contributed by atoms with Gasteiger partial charge in [0.05, 0.1) is 10.6 Å². The molecule has 8 heteroatoms. The zero-order chi connectivity index (χ0) is 17.8. The van der Waals surface area contributed by atoms with Crippen LogP contribution >= 0.6 is 11.3 Å². The molecule has 1 aromatic heterocycles. The second-order valence-corrected chi connectivity index (χ2v) is 6.08. The van der Waals surface area contributed by atoms with Crippen LogP contribution in [0.3, 0.4) is 0 Å². The largest absolute Gasteiger partial charge is 0.332 e. The van der Waals surface area contributed by atoms with Gasteiger partial charge in [-0.1, -0.05) is 0 Å². The van der Waals surface area contributed by atoms with Crippen molar-refractivity contribution in [3.05, 3.63) is 64.0 Å². The fourth-order valence-electron chi connectivity index (χ4n) is 2.18. The average molecular weight is 354 g/mol. The summed E-state index contributed by atoms with van der Waals surface area (Å²) in [4.78, 5) is 25.8. The maximum atomic E-state index is 11.0. The van der Waals surface area contributed by atoms with Crippen LogP contribution in [0.5, 0.6) is 0 Å². The van der Waals surface area contributed by atoms with E-state index in [0.29, 0.717) is 5.13 Å². The lowest BCUT2D eigenvalue weighted by Gasteiger charge is -2.05. The standard InChI is InChI=1S/C17H14N4O3S/c1-11(22)18-13-4-6-14(7-5-13)19-17-20-16(10-25-17)12-2-8-15(9-3-12)21(23)24/h2-10H,1H3,(H,18,22)(H,19,20). The Morgan fingerprint density at radius 3 is 2.32 bits per heavy atom. The van der Waals surface area contributed by atoms with Crippen molar-refractivity contribution in [2.24, 2.45) is 0 Å². The van der Waals surface area contributed by atoms with E-state index in [0.717, 1.165) is 22.6 Å². The monoisotopic (exact) mass is 354 g/mol. The highest BCUT2D eigenvalue weighted by Crippen LogP contribution is 2.28. The van der Waals surface area contributed by atoms with Gasteiger partial charge in [-0.15, -0.1) is 11.3 Å². The normalized spacial score (nSPS) is 10.3. The number of anilines is 3. The molecule has 25 heavy (non-hydrogen) atoms. The minimum atomic E-state index is -0.428. The Morgan fingerprint density at radius 1 is 1.08 bits per heavy atom. The number of rotatable bonds is 5. The molecule has 1 amide bonds. The molecule has 0 saturated carbocycles. The molecule has 2 N–H and O–H groups in total. The third-order valence-electron chi connectivity index (χ3n) is 3.33. The fourth-order valence-corrected chi connectivity index (χ4v) is 2.92. The number of benzene rings is 2. The predicted octanol–water partition coefficient (Wildman–Crippen LogP) is 4.42. The smallest absolute Gasteiger partial charge is 0.269 e. The van der Waals surface area contributed by atoms with Gasteiger partial charge in [-0.2, -0.15) is 0 Å². The molecule has 0 unspecified atom stereocenters. The first-order chi connectivity index (χ1) is 12.0. The van der Waals surface area contributed by atoms with E-state index in [4.69, 9.17) is 0 Å². The number of hydrogen-bond donors (Lipinski definition) is 2. The first kappa shape index (κ1) is 16.6. The molecule has 3 rings (SSSR count). The van der Waals surface area contributed by atoms with E-state index < -0.39 is 4.92 Å². The third-order valence-corrected chi connectivity index (χ3v) is 4.09. The summed E-state index contributed by atoms with van der Waals surface area (Å²) < 4.78 is 0. The number of hydrogen-bond acceptors (Lipinski definition) is 6. The van der Waals surface area contributed by atoms with Crippen molar-refractivity contribution in [3.63, 3.8) is 0 Å². The van der Waals surface area contributed by atoms with Crippen molar-refractivity contribution in [3.8, 4) is 11.3 Å². The predicted molar refractivity (Wildman–Crippen MR) is 98.2 cm³/mol. The molecule has 0 radical (unpaired) electrons. The van der Waals surface area contributed by atoms with Gasteiger partial charge in [0.2, 0.25) is 5.91 Å². The maximum absolute atomic E-state index is 11.0. The van der Waals surface area contributed by atoms with E-state index in [1.165, 1.54) is 30.4 Å². The van der Waals surface area contributed by atoms with Gasteiger partial charge in [0.25, 0.3) is 5.69 Å². The second kappa shape index (κ2) is 7.10. The number of nitro groups is 1. The molecule has 0 saturated heterocycles. The van der Waals surface area contributed by atoms with Gasteiger partial charge in [-0.25, -0.2) is 4.98 Å². The van der Waals surface area contributed by atoms with Crippen LogP contribution in [0.15, 0.2) is 53.9 Å².